The van der Waals surface area contributed by atoms with Gasteiger partial charge in [-0.1, -0.05) is 5.16 Å². The maximum absolute atomic E-state index is 5.74. The monoisotopic (exact) mass is 241 g/mol. The molecule has 17 heavy (non-hydrogen) atoms. The number of methoxy groups -OCH3 is 1. The van der Waals surface area contributed by atoms with E-state index in [0.717, 1.165) is 19.5 Å². The van der Waals surface area contributed by atoms with E-state index in [2.05, 4.69) is 15.5 Å². The smallest absolute Gasteiger partial charge is 0.252 e. The molecule has 1 fully saturated rings. The molecule has 1 aliphatic rings. The average Bonchev–Trinajstić information content (AvgIpc) is 2.79. The Bertz CT molecular complexity index is 324. The van der Waals surface area contributed by atoms with Crippen LogP contribution in [0.1, 0.15) is 24.6 Å². The zero-order valence-corrected chi connectivity index (χ0v) is 10.1. The minimum atomic E-state index is 0.328. The standard InChI is InChI=1S/C11H19N3O3/c1-15-8-11-13-10(14-17-11)4-6-16-9-3-2-5-12-7-9/h9,12H,2-8H2,1H3. The lowest BCUT2D eigenvalue weighted by atomic mass is 10.1. The molecular formula is C11H19N3O3. The Kier molecular flexibility index (Phi) is 4.90. The van der Waals surface area contributed by atoms with Gasteiger partial charge < -0.3 is 19.3 Å². The van der Waals surface area contributed by atoms with Gasteiger partial charge in [0.1, 0.15) is 6.61 Å². The minimum absolute atomic E-state index is 0.328. The number of nitrogens with one attached hydrogen (secondary N) is 1. The van der Waals surface area contributed by atoms with Gasteiger partial charge in [-0.15, -0.1) is 0 Å². The molecule has 0 aromatic carbocycles. The summed E-state index contributed by atoms with van der Waals surface area (Å²) in [5.74, 6) is 1.20. The van der Waals surface area contributed by atoms with Crippen LogP contribution in [0.25, 0.3) is 0 Å². The van der Waals surface area contributed by atoms with E-state index in [4.69, 9.17) is 14.0 Å². The molecule has 1 saturated heterocycles. The Morgan fingerprint density at radius 1 is 1.53 bits per heavy atom. The molecule has 0 saturated carbocycles. The maximum Gasteiger partial charge on any atom is 0.252 e. The molecule has 0 spiro atoms. The molecule has 0 amide bonds. The van der Waals surface area contributed by atoms with Gasteiger partial charge in [0.25, 0.3) is 5.89 Å². The summed E-state index contributed by atoms with van der Waals surface area (Å²) in [6, 6.07) is 0. The van der Waals surface area contributed by atoms with Crippen molar-refractivity contribution in [3.05, 3.63) is 11.7 Å². The van der Waals surface area contributed by atoms with E-state index in [1.54, 1.807) is 7.11 Å². The van der Waals surface area contributed by atoms with Crippen LogP contribution in [0.2, 0.25) is 0 Å². The second kappa shape index (κ2) is 6.68. The maximum atomic E-state index is 5.74. The summed E-state index contributed by atoms with van der Waals surface area (Å²) in [7, 11) is 1.60. The fourth-order valence-electron chi connectivity index (χ4n) is 1.85. The molecule has 0 aliphatic carbocycles. The molecule has 6 heteroatoms. The van der Waals surface area contributed by atoms with Crippen molar-refractivity contribution in [1.29, 1.82) is 0 Å². The van der Waals surface area contributed by atoms with Crippen LogP contribution in [0.4, 0.5) is 0 Å². The van der Waals surface area contributed by atoms with Gasteiger partial charge in [0.15, 0.2) is 5.82 Å². The number of hydrogen-bond acceptors (Lipinski definition) is 6. The highest BCUT2D eigenvalue weighted by Gasteiger charge is 2.13. The Hall–Kier alpha value is -0.980. The Morgan fingerprint density at radius 3 is 3.24 bits per heavy atom. The first kappa shape index (κ1) is 12.5. The second-order valence-electron chi connectivity index (χ2n) is 4.13. The molecule has 0 bridgehead atoms. The number of piperidine rings is 1. The quantitative estimate of drug-likeness (QED) is 0.783. The van der Waals surface area contributed by atoms with Gasteiger partial charge in [-0.3, -0.25) is 0 Å². The highest BCUT2D eigenvalue weighted by molar-refractivity contribution is 4.85. The number of aromatic nitrogens is 2. The van der Waals surface area contributed by atoms with E-state index in [-0.39, 0.29) is 0 Å². The largest absolute Gasteiger partial charge is 0.376 e. The molecule has 1 atom stereocenters. The van der Waals surface area contributed by atoms with Crippen LogP contribution in [0, 0.1) is 0 Å². The zero-order chi connectivity index (χ0) is 11.9. The third-order valence-electron chi connectivity index (χ3n) is 2.71. The lowest BCUT2D eigenvalue weighted by Crippen LogP contribution is -2.35. The summed E-state index contributed by atoms with van der Waals surface area (Å²) in [5, 5.41) is 7.17. The molecule has 1 aromatic rings. The van der Waals surface area contributed by atoms with Crippen molar-refractivity contribution < 1.29 is 14.0 Å². The topological polar surface area (TPSA) is 69.4 Å². The average molecular weight is 241 g/mol. The van der Waals surface area contributed by atoms with E-state index in [1.807, 2.05) is 0 Å². The first-order chi connectivity index (χ1) is 8.38. The third kappa shape index (κ3) is 4.07. The lowest BCUT2D eigenvalue weighted by Gasteiger charge is -2.22. The highest BCUT2D eigenvalue weighted by atomic mass is 16.5. The number of ether oxygens (including phenoxy) is 2. The van der Waals surface area contributed by atoms with Crippen LogP contribution in [0.15, 0.2) is 4.52 Å². The SMILES string of the molecule is COCc1nc(CCOC2CCCNC2)no1. The number of hydrogen-bond donors (Lipinski definition) is 1. The van der Waals surface area contributed by atoms with Crippen molar-refractivity contribution in [2.45, 2.75) is 32.0 Å². The fourth-order valence-corrected chi connectivity index (χ4v) is 1.85. The summed E-state index contributed by atoms with van der Waals surface area (Å²) in [5.41, 5.74) is 0. The van der Waals surface area contributed by atoms with Crippen LogP contribution in [0.5, 0.6) is 0 Å². The van der Waals surface area contributed by atoms with Crippen molar-refractivity contribution in [3.63, 3.8) is 0 Å². The van der Waals surface area contributed by atoms with Crippen LogP contribution in [0.3, 0.4) is 0 Å². The van der Waals surface area contributed by atoms with Gasteiger partial charge in [0, 0.05) is 20.1 Å². The third-order valence-corrected chi connectivity index (χ3v) is 2.71. The predicted molar refractivity (Wildman–Crippen MR) is 60.6 cm³/mol. The number of rotatable bonds is 6. The summed E-state index contributed by atoms with van der Waals surface area (Å²) in [4.78, 5) is 4.18. The van der Waals surface area contributed by atoms with Gasteiger partial charge >= 0.3 is 0 Å². The summed E-state index contributed by atoms with van der Waals surface area (Å²) in [6.45, 7) is 3.05. The van der Waals surface area contributed by atoms with Crippen molar-refractivity contribution in [1.82, 2.24) is 15.5 Å². The molecule has 6 nitrogen and oxygen atoms in total. The molecule has 1 N–H and O–H groups in total. The fraction of sp³-hybridized carbons (Fsp3) is 0.818. The van der Waals surface area contributed by atoms with Gasteiger partial charge in [-0.2, -0.15) is 4.98 Å². The molecule has 0 radical (unpaired) electrons. The van der Waals surface area contributed by atoms with Crippen LogP contribution in [-0.2, 0) is 22.5 Å². The summed E-state index contributed by atoms with van der Waals surface area (Å²) >= 11 is 0. The lowest BCUT2D eigenvalue weighted by molar-refractivity contribution is 0.0381. The first-order valence-electron chi connectivity index (χ1n) is 6.01. The normalized spacial score (nSPS) is 20.6. The van der Waals surface area contributed by atoms with Crippen molar-refractivity contribution in [2.24, 2.45) is 0 Å². The Labute approximate surface area is 101 Å². The second-order valence-corrected chi connectivity index (χ2v) is 4.13. The molecule has 2 heterocycles. The van der Waals surface area contributed by atoms with Gasteiger partial charge in [0.05, 0.1) is 12.7 Å². The molecular weight excluding hydrogens is 222 g/mol. The first-order valence-corrected chi connectivity index (χ1v) is 6.01. The number of nitrogens with zero attached hydrogens (tertiary/aromatic N) is 2. The predicted octanol–water partition coefficient (Wildman–Crippen LogP) is 0.527. The molecule has 96 valence electrons. The minimum Gasteiger partial charge on any atom is -0.376 e. The van der Waals surface area contributed by atoms with Crippen LogP contribution in [-0.4, -0.2) is 43.1 Å². The van der Waals surface area contributed by atoms with E-state index in [0.29, 0.717) is 37.5 Å². The van der Waals surface area contributed by atoms with Crippen LogP contribution >= 0.6 is 0 Å². The molecule has 1 aliphatic heterocycles. The summed E-state index contributed by atoms with van der Waals surface area (Å²) < 4.78 is 15.6. The highest BCUT2D eigenvalue weighted by Crippen LogP contribution is 2.07. The van der Waals surface area contributed by atoms with Gasteiger partial charge in [-0.25, -0.2) is 0 Å². The van der Waals surface area contributed by atoms with Gasteiger partial charge in [0.2, 0.25) is 0 Å². The van der Waals surface area contributed by atoms with E-state index in [9.17, 15) is 0 Å². The summed E-state index contributed by atoms with van der Waals surface area (Å²) in [6.07, 6.45) is 3.33. The van der Waals surface area contributed by atoms with E-state index >= 15 is 0 Å². The zero-order valence-electron chi connectivity index (χ0n) is 10.1. The Balaban J connectivity index is 1.66. The molecule has 2 rings (SSSR count). The molecule has 1 unspecified atom stereocenters. The van der Waals surface area contributed by atoms with E-state index < -0.39 is 0 Å². The van der Waals surface area contributed by atoms with Crippen LogP contribution < -0.4 is 5.32 Å². The van der Waals surface area contributed by atoms with Gasteiger partial charge in [-0.05, 0) is 19.4 Å². The van der Waals surface area contributed by atoms with Crippen molar-refractivity contribution in [3.8, 4) is 0 Å². The molecule has 1 aromatic heterocycles. The van der Waals surface area contributed by atoms with Crippen molar-refractivity contribution in [2.75, 3.05) is 26.8 Å². The van der Waals surface area contributed by atoms with Crippen molar-refractivity contribution >= 4 is 0 Å². The van der Waals surface area contributed by atoms with E-state index in [1.165, 1.54) is 6.42 Å². The Morgan fingerprint density at radius 2 is 2.47 bits per heavy atom.